The minimum absolute atomic E-state index is 0.193. The molecule has 6 rings (SSSR count). The normalized spacial score (nSPS) is 27.4. The molecule has 4 atom stereocenters. The van der Waals surface area contributed by atoms with E-state index in [1.807, 2.05) is 0 Å². The second-order valence-corrected chi connectivity index (χ2v) is 14.7. The number of piperidine rings is 3. The molecule has 0 aromatic heterocycles. The van der Waals surface area contributed by atoms with E-state index in [4.69, 9.17) is 23.2 Å². The van der Waals surface area contributed by atoms with Crippen molar-refractivity contribution in [2.24, 2.45) is 11.8 Å². The Morgan fingerprint density at radius 3 is 1.97 bits per heavy atom. The van der Waals surface area contributed by atoms with Gasteiger partial charge in [-0.15, -0.1) is 0 Å². The molecule has 1 N–H and O–H groups in total. The van der Waals surface area contributed by atoms with Crippen molar-refractivity contribution in [1.29, 1.82) is 0 Å². The van der Waals surface area contributed by atoms with Gasteiger partial charge in [-0.05, 0) is 79.8 Å². The van der Waals surface area contributed by atoms with Gasteiger partial charge in [0.1, 0.15) is 0 Å². The Kier molecular flexibility index (Phi) is 8.19. The summed E-state index contributed by atoms with van der Waals surface area (Å²) >= 11 is 11.8. The van der Waals surface area contributed by atoms with Gasteiger partial charge in [-0.25, -0.2) is 21.6 Å². The number of fused-ring (bicyclic) bond motifs is 3. The fourth-order valence-corrected chi connectivity index (χ4v) is 8.56. The lowest BCUT2D eigenvalue weighted by Crippen LogP contribution is -2.59. The minimum Gasteiger partial charge on any atom is -0.300 e. The van der Waals surface area contributed by atoms with Gasteiger partial charge < -0.3 is 4.90 Å². The maximum absolute atomic E-state index is 13.0. The van der Waals surface area contributed by atoms with Crippen molar-refractivity contribution in [2.75, 3.05) is 52.4 Å². The van der Waals surface area contributed by atoms with Crippen molar-refractivity contribution >= 4 is 43.2 Å². The lowest BCUT2D eigenvalue weighted by atomic mass is 9.75. The van der Waals surface area contributed by atoms with E-state index in [-0.39, 0.29) is 15.8 Å². The Balaban J connectivity index is 1.11. The van der Waals surface area contributed by atoms with Crippen LogP contribution in [0.25, 0.3) is 0 Å². The van der Waals surface area contributed by atoms with Gasteiger partial charge in [0.05, 0.1) is 9.79 Å². The molecule has 0 saturated carbocycles. The molecule has 8 nitrogen and oxygen atoms in total. The zero-order chi connectivity index (χ0) is 26.2. The van der Waals surface area contributed by atoms with Crippen LogP contribution in [0.1, 0.15) is 12.8 Å². The smallest absolute Gasteiger partial charge is 0.243 e. The van der Waals surface area contributed by atoms with Crippen LogP contribution in [0.3, 0.4) is 0 Å². The third-order valence-corrected chi connectivity index (χ3v) is 11.8. The number of piperazine rings is 1. The number of sulfonamides is 2. The number of nitrogens with zero attached hydrogens (tertiary/aromatic N) is 3. The zero-order valence-corrected chi connectivity index (χ0v) is 23.6. The Morgan fingerprint density at radius 2 is 1.41 bits per heavy atom. The van der Waals surface area contributed by atoms with Crippen molar-refractivity contribution in [3.8, 4) is 0 Å². The van der Waals surface area contributed by atoms with Gasteiger partial charge in [-0.2, -0.15) is 4.31 Å². The maximum Gasteiger partial charge on any atom is 0.243 e. The fourth-order valence-electron chi connectivity index (χ4n) is 5.81. The van der Waals surface area contributed by atoms with Crippen molar-refractivity contribution in [3.63, 3.8) is 0 Å². The largest absolute Gasteiger partial charge is 0.300 e. The summed E-state index contributed by atoms with van der Waals surface area (Å²) in [5, 5.41) is 1.02. The van der Waals surface area contributed by atoms with Gasteiger partial charge in [0.2, 0.25) is 20.0 Å². The molecule has 4 fully saturated rings. The summed E-state index contributed by atoms with van der Waals surface area (Å²) < 4.78 is 55.7. The summed E-state index contributed by atoms with van der Waals surface area (Å²) in [6.45, 7) is 5.64. The molecule has 0 radical (unpaired) electrons. The highest BCUT2D eigenvalue weighted by molar-refractivity contribution is 7.89. The highest BCUT2D eigenvalue weighted by Gasteiger charge is 2.41. The molecule has 4 aliphatic rings. The van der Waals surface area contributed by atoms with Crippen molar-refractivity contribution < 1.29 is 16.8 Å². The highest BCUT2D eigenvalue weighted by Crippen LogP contribution is 2.37. The van der Waals surface area contributed by atoms with Crippen LogP contribution in [0.5, 0.6) is 0 Å². The van der Waals surface area contributed by atoms with E-state index < -0.39 is 20.0 Å². The highest BCUT2D eigenvalue weighted by atomic mass is 35.5. The lowest BCUT2D eigenvalue weighted by molar-refractivity contribution is -0.0133. The topological polar surface area (TPSA) is 90.0 Å². The monoisotopic (exact) mass is 586 g/mol. The van der Waals surface area contributed by atoms with E-state index in [0.717, 1.165) is 32.5 Å². The van der Waals surface area contributed by atoms with Crippen molar-refractivity contribution in [1.82, 2.24) is 18.8 Å². The molecule has 2 aromatic rings. The second kappa shape index (κ2) is 11.1. The number of rotatable bonds is 8. The molecular weight excluding hydrogens is 555 g/mol. The zero-order valence-electron chi connectivity index (χ0n) is 20.5. The molecule has 4 unspecified atom stereocenters. The summed E-state index contributed by atoms with van der Waals surface area (Å²) in [6, 6.07) is 12.7. The Bertz CT molecular complexity index is 1300. The van der Waals surface area contributed by atoms with Crippen LogP contribution in [0.15, 0.2) is 58.3 Å². The summed E-state index contributed by atoms with van der Waals surface area (Å²) in [4.78, 5) is 5.29. The molecule has 2 aromatic carbocycles. The maximum atomic E-state index is 13.0. The SMILES string of the molecule is O=S(=O)(NCC1CC2CCN1CC2CN1CCN(S(=O)(=O)c2ccc(Cl)cc2)CC1)c1ccc(Cl)cc1. The van der Waals surface area contributed by atoms with Crippen LogP contribution in [0, 0.1) is 11.8 Å². The van der Waals surface area contributed by atoms with Gasteiger partial charge in [0, 0.05) is 61.9 Å². The number of nitrogens with one attached hydrogen (secondary N) is 1. The average molecular weight is 588 g/mol. The van der Waals surface area contributed by atoms with Gasteiger partial charge in [0.15, 0.2) is 0 Å². The first-order valence-electron chi connectivity index (χ1n) is 12.6. The van der Waals surface area contributed by atoms with Crippen molar-refractivity contribution in [3.05, 3.63) is 58.6 Å². The van der Waals surface area contributed by atoms with Crippen LogP contribution in [-0.2, 0) is 20.0 Å². The quantitative estimate of drug-likeness (QED) is 0.511. The van der Waals surface area contributed by atoms with Gasteiger partial charge >= 0.3 is 0 Å². The molecule has 4 saturated heterocycles. The first kappa shape index (κ1) is 27.3. The van der Waals surface area contributed by atoms with Crippen LogP contribution < -0.4 is 4.72 Å². The minimum atomic E-state index is -3.57. The summed E-state index contributed by atoms with van der Waals surface area (Å²) in [5.74, 6) is 1.06. The van der Waals surface area contributed by atoms with E-state index in [9.17, 15) is 16.8 Å². The molecule has 4 heterocycles. The average Bonchev–Trinajstić information content (AvgIpc) is 2.89. The predicted molar refractivity (Wildman–Crippen MR) is 145 cm³/mol. The molecule has 0 aliphatic carbocycles. The third kappa shape index (κ3) is 6.17. The van der Waals surface area contributed by atoms with Crippen LogP contribution >= 0.6 is 23.2 Å². The van der Waals surface area contributed by atoms with Gasteiger partial charge in [0.25, 0.3) is 0 Å². The lowest BCUT2D eigenvalue weighted by Gasteiger charge is -2.51. The van der Waals surface area contributed by atoms with Crippen LogP contribution in [0.4, 0.5) is 0 Å². The van der Waals surface area contributed by atoms with Gasteiger partial charge in [-0.3, -0.25) is 4.90 Å². The summed E-state index contributed by atoms with van der Waals surface area (Å²) in [5.41, 5.74) is 0. The molecule has 12 heteroatoms. The Hall–Kier alpha value is -1.24. The molecule has 4 aliphatic heterocycles. The van der Waals surface area contributed by atoms with E-state index in [1.54, 1.807) is 40.7 Å². The molecule has 202 valence electrons. The standard InChI is InChI=1S/C25H32Cl2N4O4S2/c26-21-1-5-24(6-2-21)36(32,33)28-16-23-15-19-9-10-30(23)18-20(19)17-29-11-13-31(14-12-29)37(34,35)25-7-3-22(27)4-8-25/h1-8,19-20,23,28H,9-18H2. The second-order valence-electron chi connectivity index (χ2n) is 10.2. The molecule has 2 bridgehead atoms. The van der Waals surface area contributed by atoms with Gasteiger partial charge in [-0.1, -0.05) is 23.2 Å². The number of hydrogen-bond donors (Lipinski definition) is 1. The number of benzene rings is 2. The van der Waals surface area contributed by atoms with E-state index in [1.165, 1.54) is 12.1 Å². The summed E-state index contributed by atoms with van der Waals surface area (Å²) in [6.07, 6.45) is 2.09. The fraction of sp³-hybridized carbons (Fsp3) is 0.520. The van der Waals surface area contributed by atoms with Crippen LogP contribution in [0.2, 0.25) is 10.0 Å². The number of hydrogen-bond acceptors (Lipinski definition) is 6. The molecule has 0 amide bonds. The van der Waals surface area contributed by atoms with E-state index in [0.29, 0.717) is 54.6 Å². The molecule has 37 heavy (non-hydrogen) atoms. The first-order valence-corrected chi connectivity index (χ1v) is 16.3. The van der Waals surface area contributed by atoms with Crippen LogP contribution in [-0.4, -0.2) is 89.3 Å². The predicted octanol–water partition coefficient (Wildman–Crippen LogP) is 2.99. The number of halogens is 2. The first-order chi connectivity index (χ1) is 17.6. The summed E-state index contributed by atoms with van der Waals surface area (Å²) in [7, 11) is -7.09. The Morgan fingerprint density at radius 1 is 0.811 bits per heavy atom. The third-order valence-electron chi connectivity index (χ3n) is 7.92. The van der Waals surface area contributed by atoms with Crippen molar-refractivity contribution in [2.45, 2.75) is 28.7 Å². The van der Waals surface area contributed by atoms with E-state index >= 15 is 0 Å². The van der Waals surface area contributed by atoms with E-state index in [2.05, 4.69) is 14.5 Å². The Labute approximate surface area is 229 Å². The molecule has 0 spiro atoms. The molecular formula is C25H32Cl2N4O4S2.